The molecule has 204 valence electrons. The van der Waals surface area contributed by atoms with Gasteiger partial charge in [0.25, 0.3) is 17.4 Å². The van der Waals surface area contributed by atoms with Crippen molar-refractivity contribution >= 4 is 46.3 Å². The minimum Gasteiger partial charge on any atom is -0.322 e. The van der Waals surface area contributed by atoms with Crippen LogP contribution in [0.1, 0.15) is 25.5 Å². The zero-order chi connectivity index (χ0) is 28.7. The van der Waals surface area contributed by atoms with E-state index < -0.39 is 29.2 Å². The number of fused-ring (bicyclic) bond motifs is 1. The van der Waals surface area contributed by atoms with Gasteiger partial charge in [-0.15, -0.1) is 0 Å². The Labute approximate surface area is 238 Å². The van der Waals surface area contributed by atoms with E-state index in [1.54, 1.807) is 68.5 Å². The summed E-state index contributed by atoms with van der Waals surface area (Å²) < 4.78 is 15.6. The molecule has 0 bridgehead atoms. The smallest absolute Gasteiger partial charge is 0.270 e. The van der Waals surface area contributed by atoms with Crippen LogP contribution in [0.3, 0.4) is 0 Å². The molecule has 0 saturated carbocycles. The molecular weight excluding hydrogens is 541 g/mol. The SMILES string of the molecule is CC1=NN(c2ccccc2)C(=O)[C@@H]1/C=c1/sc2n(c1=O)[C@@H](c1ccc(F)cc1)C(C(=O)Nc1ccccc1)=C(C)N=2. The number of carbonyl (C=O) groups excluding carboxylic acids is 2. The first-order valence-electron chi connectivity index (χ1n) is 12.9. The van der Waals surface area contributed by atoms with E-state index in [-0.39, 0.29) is 11.5 Å². The van der Waals surface area contributed by atoms with Gasteiger partial charge >= 0.3 is 0 Å². The Morgan fingerprint density at radius 1 is 0.951 bits per heavy atom. The molecule has 6 rings (SSSR count). The van der Waals surface area contributed by atoms with Gasteiger partial charge in [0, 0.05) is 5.69 Å². The normalized spacial score (nSPS) is 18.7. The number of rotatable bonds is 5. The number of hydrogen-bond acceptors (Lipinski definition) is 6. The maximum atomic E-state index is 13.9. The molecule has 2 aliphatic rings. The predicted molar refractivity (Wildman–Crippen MR) is 157 cm³/mol. The second kappa shape index (κ2) is 10.5. The number of nitrogens with one attached hydrogen (secondary N) is 1. The third-order valence-corrected chi connectivity index (χ3v) is 7.99. The lowest BCUT2D eigenvalue weighted by Crippen LogP contribution is -2.41. The van der Waals surface area contributed by atoms with Crippen molar-refractivity contribution in [2.75, 3.05) is 10.3 Å². The molecule has 0 unspecified atom stereocenters. The molecule has 0 saturated heterocycles. The molecule has 8 nitrogen and oxygen atoms in total. The number of aromatic nitrogens is 1. The largest absolute Gasteiger partial charge is 0.322 e. The first-order chi connectivity index (χ1) is 19.8. The molecule has 4 aromatic rings. The van der Waals surface area contributed by atoms with Crippen LogP contribution in [0.25, 0.3) is 6.08 Å². The summed E-state index contributed by atoms with van der Waals surface area (Å²) >= 11 is 1.14. The van der Waals surface area contributed by atoms with Crippen LogP contribution in [0.5, 0.6) is 0 Å². The molecule has 0 aliphatic carbocycles. The third kappa shape index (κ3) is 4.82. The average molecular weight is 566 g/mol. The minimum atomic E-state index is -0.854. The zero-order valence-corrected chi connectivity index (χ0v) is 22.9. The van der Waals surface area contributed by atoms with Crippen molar-refractivity contribution in [3.8, 4) is 0 Å². The quantitative estimate of drug-likeness (QED) is 0.396. The summed E-state index contributed by atoms with van der Waals surface area (Å²) in [7, 11) is 0. The van der Waals surface area contributed by atoms with Crippen molar-refractivity contribution in [2.45, 2.75) is 19.9 Å². The summed E-state index contributed by atoms with van der Waals surface area (Å²) in [6.45, 7) is 3.46. The predicted octanol–water partition coefficient (Wildman–Crippen LogP) is 4.00. The first kappa shape index (κ1) is 26.3. The maximum absolute atomic E-state index is 13.9. The van der Waals surface area contributed by atoms with Gasteiger partial charge in [0.1, 0.15) is 11.7 Å². The van der Waals surface area contributed by atoms with Gasteiger partial charge in [0.15, 0.2) is 4.80 Å². The maximum Gasteiger partial charge on any atom is 0.270 e. The molecule has 0 fully saturated rings. The van der Waals surface area contributed by atoms with E-state index in [4.69, 9.17) is 0 Å². The number of carbonyl (C=O) groups is 2. The van der Waals surface area contributed by atoms with Gasteiger partial charge in [0.05, 0.1) is 33.2 Å². The number of nitrogens with zero attached hydrogens (tertiary/aromatic N) is 4. The van der Waals surface area contributed by atoms with Crippen molar-refractivity contribution < 1.29 is 14.0 Å². The van der Waals surface area contributed by atoms with Crippen LogP contribution in [0, 0.1) is 11.7 Å². The molecular formula is C31H24FN5O3S. The minimum absolute atomic E-state index is 0.268. The molecule has 1 N–H and O–H groups in total. The molecule has 3 aromatic carbocycles. The fourth-order valence-electron chi connectivity index (χ4n) is 4.98. The average Bonchev–Trinajstić information content (AvgIpc) is 3.43. The van der Waals surface area contributed by atoms with E-state index >= 15 is 0 Å². The van der Waals surface area contributed by atoms with Gasteiger partial charge in [0.2, 0.25) is 0 Å². The number of para-hydroxylation sites is 2. The number of anilines is 2. The Bertz CT molecular complexity index is 1910. The van der Waals surface area contributed by atoms with E-state index in [0.29, 0.717) is 37.7 Å². The fraction of sp³-hybridized carbons (Fsp3) is 0.129. The van der Waals surface area contributed by atoms with Crippen molar-refractivity contribution in [1.82, 2.24) is 4.57 Å². The Hall–Kier alpha value is -4.96. The lowest BCUT2D eigenvalue weighted by atomic mass is 9.95. The topological polar surface area (TPSA) is 96.1 Å². The summed E-state index contributed by atoms with van der Waals surface area (Å²) in [6, 6.07) is 22.9. The number of allylic oxidation sites excluding steroid dienone is 1. The number of thiazole rings is 1. The van der Waals surface area contributed by atoms with Gasteiger partial charge in [-0.2, -0.15) is 10.1 Å². The number of halogens is 1. The van der Waals surface area contributed by atoms with Crippen LogP contribution in [0.2, 0.25) is 0 Å². The van der Waals surface area contributed by atoms with E-state index in [1.165, 1.54) is 21.7 Å². The third-order valence-electron chi connectivity index (χ3n) is 6.99. The first-order valence-corrected chi connectivity index (χ1v) is 13.7. The van der Waals surface area contributed by atoms with Gasteiger partial charge < -0.3 is 5.32 Å². The Morgan fingerprint density at radius 3 is 2.29 bits per heavy atom. The van der Waals surface area contributed by atoms with E-state index in [1.807, 2.05) is 24.3 Å². The molecule has 3 heterocycles. The van der Waals surface area contributed by atoms with E-state index in [9.17, 15) is 18.8 Å². The summed E-state index contributed by atoms with van der Waals surface area (Å²) in [6.07, 6.45) is 1.61. The second-order valence-corrected chi connectivity index (χ2v) is 10.7. The highest BCUT2D eigenvalue weighted by Gasteiger charge is 2.35. The molecule has 0 radical (unpaired) electrons. The molecule has 2 amide bonds. The molecule has 2 aliphatic heterocycles. The standard InChI is InChI=1S/C31H24FN5O3S/c1-18-24(29(39)37(35-18)23-11-7-4-8-12-23)17-25-30(40)36-27(20-13-15-21(32)16-14-20)26(19(2)33-31(36)41-25)28(38)34-22-9-5-3-6-10-22/h3-17,24,27H,1-2H3,(H,34,38)/b25-17+/t24-,27+/m1/s1. The lowest BCUT2D eigenvalue weighted by Gasteiger charge is -2.25. The molecule has 2 atom stereocenters. The number of hydrogen-bond donors (Lipinski definition) is 1. The zero-order valence-electron chi connectivity index (χ0n) is 22.1. The highest BCUT2D eigenvalue weighted by molar-refractivity contribution is 7.07. The molecule has 41 heavy (non-hydrogen) atoms. The number of amides is 2. The van der Waals surface area contributed by atoms with Crippen molar-refractivity contribution in [1.29, 1.82) is 0 Å². The molecule has 10 heteroatoms. The Kier molecular flexibility index (Phi) is 6.76. The number of benzene rings is 3. The fourth-order valence-corrected chi connectivity index (χ4v) is 6.04. The van der Waals surface area contributed by atoms with Crippen LogP contribution < -0.4 is 25.2 Å². The van der Waals surface area contributed by atoms with Gasteiger partial charge in [-0.1, -0.05) is 59.9 Å². The van der Waals surface area contributed by atoms with E-state index in [0.717, 1.165) is 11.3 Å². The van der Waals surface area contributed by atoms with Crippen LogP contribution in [0.15, 0.2) is 111 Å². The van der Waals surface area contributed by atoms with Gasteiger partial charge in [-0.3, -0.25) is 19.0 Å². The molecule has 1 aromatic heterocycles. The van der Waals surface area contributed by atoms with E-state index in [2.05, 4.69) is 15.4 Å². The second-order valence-electron chi connectivity index (χ2n) is 9.68. The van der Waals surface area contributed by atoms with Gasteiger partial charge in [-0.25, -0.2) is 9.38 Å². The number of hydrazone groups is 1. The summed E-state index contributed by atoms with van der Waals surface area (Å²) in [5.41, 5.74) is 2.63. The van der Waals surface area contributed by atoms with Crippen LogP contribution in [-0.4, -0.2) is 22.1 Å². The van der Waals surface area contributed by atoms with Crippen molar-refractivity contribution in [3.05, 3.63) is 127 Å². The Balaban J connectivity index is 1.44. The Morgan fingerprint density at radius 2 is 1.61 bits per heavy atom. The van der Waals surface area contributed by atoms with Crippen molar-refractivity contribution in [3.63, 3.8) is 0 Å². The highest BCUT2D eigenvalue weighted by atomic mass is 32.1. The van der Waals surface area contributed by atoms with Crippen LogP contribution in [-0.2, 0) is 9.59 Å². The molecule has 0 spiro atoms. The van der Waals surface area contributed by atoms with Crippen LogP contribution >= 0.6 is 11.3 Å². The highest BCUT2D eigenvalue weighted by Crippen LogP contribution is 2.31. The van der Waals surface area contributed by atoms with Crippen molar-refractivity contribution in [2.24, 2.45) is 16.0 Å². The monoisotopic (exact) mass is 565 g/mol. The summed E-state index contributed by atoms with van der Waals surface area (Å²) in [4.78, 5) is 45.9. The summed E-state index contributed by atoms with van der Waals surface area (Å²) in [5.74, 6) is -1.86. The van der Waals surface area contributed by atoms with Gasteiger partial charge in [-0.05, 0) is 61.9 Å². The lowest BCUT2D eigenvalue weighted by molar-refractivity contribution is -0.118. The van der Waals surface area contributed by atoms with Crippen LogP contribution in [0.4, 0.5) is 15.8 Å². The summed E-state index contributed by atoms with van der Waals surface area (Å²) in [5, 5.41) is 8.65.